The molecule has 0 aliphatic rings. The van der Waals surface area contributed by atoms with E-state index in [0.717, 1.165) is 16.5 Å². The van der Waals surface area contributed by atoms with Crippen LogP contribution in [0.2, 0.25) is 0 Å². The number of carbonyl (C=O) groups is 1. The summed E-state index contributed by atoms with van der Waals surface area (Å²) >= 11 is 3.44. The van der Waals surface area contributed by atoms with Crippen LogP contribution in [0.3, 0.4) is 0 Å². The van der Waals surface area contributed by atoms with Crippen molar-refractivity contribution in [3.05, 3.63) is 58.1 Å². The highest BCUT2D eigenvalue weighted by atomic mass is 79.9. The van der Waals surface area contributed by atoms with Gasteiger partial charge in [-0.1, -0.05) is 34.1 Å². The normalized spacial score (nSPS) is 11.1. The Hall–Kier alpha value is -2.01. The molecule has 4 nitrogen and oxygen atoms in total. The molecule has 2 aromatic carbocycles. The number of amides is 1. The highest BCUT2D eigenvalue weighted by Gasteiger charge is 2.21. The van der Waals surface area contributed by atoms with Crippen molar-refractivity contribution in [1.29, 1.82) is 0 Å². The maximum atomic E-state index is 12.4. The van der Waals surface area contributed by atoms with Crippen LogP contribution in [0.4, 0.5) is 0 Å². The smallest absolute Gasteiger partial charge is 0.224 e. The minimum absolute atomic E-state index is 0.0191. The first-order chi connectivity index (χ1) is 11.8. The first-order valence-corrected chi connectivity index (χ1v) is 8.88. The van der Waals surface area contributed by atoms with E-state index in [0.29, 0.717) is 17.9 Å². The maximum Gasteiger partial charge on any atom is 0.224 e. The van der Waals surface area contributed by atoms with Crippen molar-refractivity contribution < 1.29 is 14.3 Å². The van der Waals surface area contributed by atoms with E-state index >= 15 is 0 Å². The molecule has 1 amide bonds. The van der Waals surface area contributed by atoms with Crippen molar-refractivity contribution in [1.82, 2.24) is 5.32 Å². The molecule has 0 radical (unpaired) electrons. The number of methoxy groups -OCH3 is 2. The van der Waals surface area contributed by atoms with E-state index in [4.69, 9.17) is 9.47 Å². The number of nitrogens with one attached hydrogen (secondary N) is 1. The zero-order chi connectivity index (χ0) is 18.4. The average Bonchev–Trinajstić information content (AvgIpc) is 2.56. The highest BCUT2D eigenvalue weighted by molar-refractivity contribution is 9.10. The third-order valence-corrected chi connectivity index (χ3v) is 4.38. The molecule has 2 aromatic rings. The Morgan fingerprint density at radius 1 is 1.00 bits per heavy atom. The van der Waals surface area contributed by atoms with Gasteiger partial charge in [0.2, 0.25) is 5.91 Å². The number of carbonyl (C=O) groups excluding carboxylic acids is 1. The van der Waals surface area contributed by atoms with Crippen LogP contribution in [-0.2, 0) is 17.6 Å². The molecule has 2 rings (SSSR count). The Kier molecular flexibility index (Phi) is 6.48. The second-order valence-electron chi connectivity index (χ2n) is 6.60. The molecule has 0 aliphatic carbocycles. The fraction of sp³-hybridized carbons (Fsp3) is 0.350. The molecular weight excluding hydrogens is 382 g/mol. The van der Waals surface area contributed by atoms with E-state index in [1.807, 2.05) is 44.2 Å². The molecule has 1 N–H and O–H groups in total. The first kappa shape index (κ1) is 19.3. The van der Waals surface area contributed by atoms with Crippen molar-refractivity contribution in [3.8, 4) is 11.5 Å². The zero-order valence-electron chi connectivity index (χ0n) is 15.1. The van der Waals surface area contributed by atoms with Crippen molar-refractivity contribution >= 4 is 21.8 Å². The summed E-state index contributed by atoms with van der Waals surface area (Å²) in [5, 5.41) is 3.11. The third-order valence-electron chi connectivity index (χ3n) is 3.85. The first-order valence-electron chi connectivity index (χ1n) is 8.09. The van der Waals surface area contributed by atoms with Crippen molar-refractivity contribution in [3.63, 3.8) is 0 Å². The van der Waals surface area contributed by atoms with Crippen LogP contribution in [0.5, 0.6) is 11.5 Å². The predicted molar refractivity (Wildman–Crippen MR) is 103 cm³/mol. The maximum absolute atomic E-state index is 12.4. The van der Waals surface area contributed by atoms with Gasteiger partial charge in [-0.05, 0) is 55.7 Å². The van der Waals surface area contributed by atoms with Gasteiger partial charge in [-0.3, -0.25) is 4.79 Å². The average molecular weight is 406 g/mol. The lowest BCUT2D eigenvalue weighted by Crippen LogP contribution is -2.45. The molecule has 0 unspecified atom stereocenters. The fourth-order valence-electron chi connectivity index (χ4n) is 2.75. The number of halogens is 1. The molecule has 25 heavy (non-hydrogen) atoms. The quantitative estimate of drug-likeness (QED) is 0.752. The Morgan fingerprint density at radius 2 is 1.60 bits per heavy atom. The lowest BCUT2D eigenvalue weighted by Gasteiger charge is -2.26. The van der Waals surface area contributed by atoms with E-state index in [1.165, 1.54) is 5.56 Å². The molecule has 0 saturated heterocycles. The molecule has 0 spiro atoms. The number of benzene rings is 2. The molecule has 0 atom stereocenters. The summed E-state index contributed by atoms with van der Waals surface area (Å²) in [4.78, 5) is 12.4. The van der Waals surface area contributed by atoms with Gasteiger partial charge >= 0.3 is 0 Å². The minimum atomic E-state index is -0.332. The number of ether oxygens (including phenoxy) is 2. The monoisotopic (exact) mass is 405 g/mol. The van der Waals surface area contributed by atoms with Gasteiger partial charge in [0.05, 0.1) is 20.6 Å². The Labute approximate surface area is 157 Å². The third kappa shape index (κ3) is 5.78. The zero-order valence-corrected chi connectivity index (χ0v) is 16.6. The summed E-state index contributed by atoms with van der Waals surface area (Å²) in [6, 6.07) is 13.7. The molecule has 134 valence electrons. The van der Waals surface area contributed by atoms with Gasteiger partial charge in [-0.15, -0.1) is 0 Å². The van der Waals surface area contributed by atoms with Gasteiger partial charge in [-0.25, -0.2) is 0 Å². The molecule has 0 aliphatic heterocycles. The number of hydrogen-bond donors (Lipinski definition) is 1. The van der Waals surface area contributed by atoms with Crippen LogP contribution in [0.15, 0.2) is 46.9 Å². The van der Waals surface area contributed by atoms with E-state index in [9.17, 15) is 4.79 Å². The summed E-state index contributed by atoms with van der Waals surface area (Å²) in [5.41, 5.74) is 1.73. The lowest BCUT2D eigenvalue weighted by molar-refractivity contribution is -0.122. The van der Waals surface area contributed by atoms with Crippen molar-refractivity contribution in [2.24, 2.45) is 0 Å². The number of rotatable bonds is 7. The van der Waals surface area contributed by atoms with E-state index < -0.39 is 0 Å². The largest absolute Gasteiger partial charge is 0.493 e. The molecule has 0 heterocycles. The topological polar surface area (TPSA) is 47.6 Å². The molecule has 0 bridgehead atoms. The molecule has 0 aromatic heterocycles. The SMILES string of the molecule is COc1ccc(CC(=O)NC(C)(C)Cc2ccc(Br)cc2)cc1OC. The summed E-state index contributed by atoms with van der Waals surface area (Å²) in [7, 11) is 3.18. The molecular formula is C20H24BrNO3. The van der Waals surface area contributed by atoms with Crippen LogP contribution in [0.1, 0.15) is 25.0 Å². The summed E-state index contributed by atoms with van der Waals surface area (Å²) in [6.07, 6.45) is 1.06. The van der Waals surface area contributed by atoms with Crippen LogP contribution < -0.4 is 14.8 Å². The van der Waals surface area contributed by atoms with Gasteiger partial charge in [0.1, 0.15) is 0 Å². The van der Waals surface area contributed by atoms with Gasteiger partial charge in [0.25, 0.3) is 0 Å². The predicted octanol–water partition coefficient (Wildman–Crippen LogP) is 4.15. The van der Waals surface area contributed by atoms with Gasteiger partial charge in [0, 0.05) is 10.0 Å². The van der Waals surface area contributed by atoms with Crippen LogP contribution >= 0.6 is 15.9 Å². The van der Waals surface area contributed by atoms with Crippen LogP contribution in [0, 0.1) is 0 Å². The summed E-state index contributed by atoms with van der Waals surface area (Å²) in [5.74, 6) is 1.26. The lowest BCUT2D eigenvalue weighted by atomic mass is 9.94. The second kappa shape index (κ2) is 8.39. The van der Waals surface area contributed by atoms with Gasteiger partial charge in [-0.2, -0.15) is 0 Å². The van der Waals surface area contributed by atoms with Gasteiger partial charge in [0.15, 0.2) is 11.5 Å². The van der Waals surface area contributed by atoms with Crippen LogP contribution in [0.25, 0.3) is 0 Å². The highest BCUT2D eigenvalue weighted by Crippen LogP contribution is 2.27. The Balaban J connectivity index is 1.99. The van der Waals surface area contributed by atoms with Crippen molar-refractivity contribution in [2.75, 3.05) is 14.2 Å². The summed E-state index contributed by atoms with van der Waals surface area (Å²) < 4.78 is 11.6. The number of hydrogen-bond acceptors (Lipinski definition) is 3. The Bertz CT molecular complexity index is 726. The van der Waals surface area contributed by atoms with E-state index in [-0.39, 0.29) is 11.4 Å². The minimum Gasteiger partial charge on any atom is -0.493 e. The molecule has 0 saturated carbocycles. The standard InChI is InChI=1S/C20H24BrNO3/c1-20(2,13-14-5-8-16(21)9-6-14)22-19(23)12-15-7-10-17(24-3)18(11-15)25-4/h5-11H,12-13H2,1-4H3,(H,22,23). The van der Waals surface area contributed by atoms with Crippen LogP contribution in [-0.4, -0.2) is 25.7 Å². The molecule has 0 fully saturated rings. The Morgan fingerprint density at radius 3 is 2.20 bits per heavy atom. The van der Waals surface area contributed by atoms with E-state index in [2.05, 4.69) is 33.4 Å². The fourth-order valence-corrected chi connectivity index (χ4v) is 3.02. The van der Waals surface area contributed by atoms with Gasteiger partial charge < -0.3 is 14.8 Å². The second-order valence-corrected chi connectivity index (χ2v) is 7.52. The summed E-state index contributed by atoms with van der Waals surface area (Å²) in [6.45, 7) is 4.06. The van der Waals surface area contributed by atoms with Crippen molar-refractivity contribution in [2.45, 2.75) is 32.2 Å². The van der Waals surface area contributed by atoms with E-state index in [1.54, 1.807) is 14.2 Å². The molecule has 5 heteroatoms.